The van der Waals surface area contributed by atoms with E-state index in [2.05, 4.69) is 125 Å². The Bertz CT molecular complexity index is 1150. The lowest BCUT2D eigenvalue weighted by Crippen LogP contribution is -2.20. The second-order valence-corrected chi connectivity index (χ2v) is 9.36. The van der Waals surface area contributed by atoms with E-state index in [0.717, 1.165) is 11.3 Å². The highest BCUT2D eigenvalue weighted by Crippen LogP contribution is 2.38. The standard InChI is InChI=1S/C30H31N/c1-29(2,24-11-7-5-8-12-24)26-18-15-22(16-19-26)23-17-20-28(31)27(21-23)30(3,4)25-13-9-6-10-14-25/h5-21H,31H2,1-4H3. The van der Waals surface area contributed by atoms with E-state index in [4.69, 9.17) is 5.73 Å². The molecule has 0 aromatic heterocycles. The van der Waals surface area contributed by atoms with Gasteiger partial charge in [-0.2, -0.15) is 0 Å². The molecule has 0 amide bonds. The Hall–Kier alpha value is -3.32. The van der Waals surface area contributed by atoms with Crippen molar-refractivity contribution in [3.05, 3.63) is 125 Å². The number of nitrogen functional groups attached to an aromatic ring is 1. The van der Waals surface area contributed by atoms with Crippen LogP contribution in [-0.4, -0.2) is 0 Å². The first kappa shape index (κ1) is 20.9. The molecule has 4 rings (SSSR count). The first-order valence-electron chi connectivity index (χ1n) is 10.9. The fraction of sp³-hybridized carbons (Fsp3) is 0.200. The molecule has 0 fully saturated rings. The van der Waals surface area contributed by atoms with Crippen molar-refractivity contribution in [1.29, 1.82) is 0 Å². The van der Waals surface area contributed by atoms with Gasteiger partial charge in [0, 0.05) is 16.5 Å². The molecule has 0 radical (unpaired) electrons. The summed E-state index contributed by atoms with van der Waals surface area (Å²) in [7, 11) is 0. The summed E-state index contributed by atoms with van der Waals surface area (Å²) in [5.41, 5.74) is 14.5. The van der Waals surface area contributed by atoms with Gasteiger partial charge in [-0.3, -0.25) is 0 Å². The Kier molecular flexibility index (Phi) is 5.45. The topological polar surface area (TPSA) is 26.0 Å². The molecule has 0 aliphatic carbocycles. The summed E-state index contributed by atoms with van der Waals surface area (Å²) in [6, 6.07) is 36.6. The zero-order valence-electron chi connectivity index (χ0n) is 18.9. The molecule has 0 saturated heterocycles. The molecule has 31 heavy (non-hydrogen) atoms. The van der Waals surface area contributed by atoms with Gasteiger partial charge in [0.05, 0.1) is 0 Å². The van der Waals surface area contributed by atoms with E-state index in [9.17, 15) is 0 Å². The number of hydrogen-bond acceptors (Lipinski definition) is 1. The summed E-state index contributed by atoms with van der Waals surface area (Å²) >= 11 is 0. The van der Waals surface area contributed by atoms with Gasteiger partial charge < -0.3 is 5.73 Å². The smallest absolute Gasteiger partial charge is 0.0355 e. The van der Waals surface area contributed by atoms with Crippen molar-refractivity contribution >= 4 is 5.69 Å². The molecule has 0 spiro atoms. The minimum atomic E-state index is -0.170. The fourth-order valence-electron chi connectivity index (χ4n) is 4.39. The van der Waals surface area contributed by atoms with Gasteiger partial charge in [0.2, 0.25) is 0 Å². The van der Waals surface area contributed by atoms with E-state index >= 15 is 0 Å². The molecule has 1 heteroatoms. The quantitative estimate of drug-likeness (QED) is 0.340. The average molecular weight is 406 g/mol. The monoisotopic (exact) mass is 405 g/mol. The van der Waals surface area contributed by atoms with E-state index in [1.165, 1.54) is 27.8 Å². The Labute approximate surface area is 186 Å². The summed E-state index contributed by atoms with van der Waals surface area (Å²) in [4.78, 5) is 0. The molecule has 4 aromatic carbocycles. The summed E-state index contributed by atoms with van der Waals surface area (Å²) in [5, 5.41) is 0. The Balaban J connectivity index is 1.69. The predicted octanol–water partition coefficient (Wildman–Crippen LogP) is 7.59. The minimum absolute atomic E-state index is 0.0403. The van der Waals surface area contributed by atoms with Crippen LogP contribution >= 0.6 is 0 Å². The minimum Gasteiger partial charge on any atom is -0.398 e. The average Bonchev–Trinajstić information content (AvgIpc) is 2.80. The first-order valence-corrected chi connectivity index (χ1v) is 10.9. The van der Waals surface area contributed by atoms with Crippen LogP contribution in [0.3, 0.4) is 0 Å². The molecule has 0 heterocycles. The Morgan fingerprint density at radius 3 is 1.48 bits per heavy atom. The van der Waals surface area contributed by atoms with Crippen molar-refractivity contribution in [2.45, 2.75) is 38.5 Å². The third-order valence-corrected chi connectivity index (χ3v) is 6.66. The third kappa shape index (κ3) is 4.01. The van der Waals surface area contributed by atoms with Crippen LogP contribution < -0.4 is 5.73 Å². The van der Waals surface area contributed by atoms with Gasteiger partial charge in [0.15, 0.2) is 0 Å². The van der Waals surface area contributed by atoms with Crippen LogP contribution in [0.25, 0.3) is 11.1 Å². The van der Waals surface area contributed by atoms with Gasteiger partial charge in [-0.15, -0.1) is 0 Å². The van der Waals surface area contributed by atoms with Crippen molar-refractivity contribution in [3.63, 3.8) is 0 Å². The largest absolute Gasteiger partial charge is 0.398 e. The van der Waals surface area contributed by atoms with Gasteiger partial charge in [0.25, 0.3) is 0 Å². The maximum absolute atomic E-state index is 6.44. The molecule has 2 N–H and O–H groups in total. The van der Waals surface area contributed by atoms with Crippen molar-refractivity contribution in [2.75, 3.05) is 5.73 Å². The number of rotatable bonds is 5. The highest BCUT2D eigenvalue weighted by molar-refractivity contribution is 5.70. The van der Waals surface area contributed by atoms with Crippen molar-refractivity contribution in [3.8, 4) is 11.1 Å². The normalized spacial score (nSPS) is 12.0. The van der Waals surface area contributed by atoms with E-state index in [0.29, 0.717) is 0 Å². The van der Waals surface area contributed by atoms with Crippen molar-refractivity contribution in [1.82, 2.24) is 0 Å². The maximum atomic E-state index is 6.44. The molecule has 0 saturated carbocycles. The van der Waals surface area contributed by atoms with Gasteiger partial charge in [-0.05, 0) is 45.5 Å². The molecule has 0 aliphatic rings. The molecule has 0 unspecified atom stereocenters. The van der Waals surface area contributed by atoms with Gasteiger partial charge in [0.1, 0.15) is 0 Å². The molecule has 0 bridgehead atoms. The lowest BCUT2D eigenvalue weighted by molar-refractivity contribution is 0.641. The lowest BCUT2D eigenvalue weighted by atomic mass is 9.76. The van der Waals surface area contributed by atoms with E-state index in [1.54, 1.807) is 0 Å². The molecular weight excluding hydrogens is 374 g/mol. The zero-order chi connectivity index (χ0) is 22.1. The number of nitrogens with two attached hydrogens (primary N) is 1. The van der Waals surface area contributed by atoms with Gasteiger partial charge in [-0.25, -0.2) is 0 Å². The number of benzene rings is 4. The van der Waals surface area contributed by atoms with Crippen LogP contribution in [0.1, 0.15) is 49.9 Å². The number of hydrogen-bond donors (Lipinski definition) is 1. The van der Waals surface area contributed by atoms with Crippen LogP contribution in [0, 0.1) is 0 Å². The van der Waals surface area contributed by atoms with Crippen LogP contribution in [0.15, 0.2) is 103 Å². The molecule has 0 atom stereocenters. The van der Waals surface area contributed by atoms with Crippen LogP contribution in [0.4, 0.5) is 5.69 Å². The first-order chi connectivity index (χ1) is 14.8. The van der Waals surface area contributed by atoms with E-state index in [1.807, 2.05) is 6.07 Å². The molecular formula is C30H31N. The summed E-state index contributed by atoms with van der Waals surface area (Å²) in [6.07, 6.45) is 0. The fourth-order valence-corrected chi connectivity index (χ4v) is 4.39. The van der Waals surface area contributed by atoms with Crippen LogP contribution in [-0.2, 0) is 10.8 Å². The van der Waals surface area contributed by atoms with E-state index in [-0.39, 0.29) is 10.8 Å². The molecule has 4 aromatic rings. The highest BCUT2D eigenvalue weighted by Gasteiger charge is 2.26. The zero-order valence-corrected chi connectivity index (χ0v) is 18.9. The maximum Gasteiger partial charge on any atom is 0.0355 e. The van der Waals surface area contributed by atoms with Gasteiger partial charge >= 0.3 is 0 Å². The van der Waals surface area contributed by atoms with Crippen molar-refractivity contribution in [2.24, 2.45) is 0 Å². The molecule has 156 valence electrons. The second-order valence-electron chi connectivity index (χ2n) is 9.36. The third-order valence-electron chi connectivity index (χ3n) is 6.66. The van der Waals surface area contributed by atoms with Crippen molar-refractivity contribution < 1.29 is 0 Å². The molecule has 1 nitrogen and oxygen atoms in total. The summed E-state index contributed by atoms with van der Waals surface area (Å²) in [6.45, 7) is 9.04. The Morgan fingerprint density at radius 1 is 0.484 bits per heavy atom. The van der Waals surface area contributed by atoms with Gasteiger partial charge in [-0.1, -0.05) is 119 Å². The molecule has 0 aliphatic heterocycles. The summed E-state index contributed by atoms with van der Waals surface area (Å²) in [5.74, 6) is 0. The van der Waals surface area contributed by atoms with Crippen LogP contribution in [0.2, 0.25) is 0 Å². The highest BCUT2D eigenvalue weighted by atomic mass is 14.6. The van der Waals surface area contributed by atoms with Crippen LogP contribution in [0.5, 0.6) is 0 Å². The SMILES string of the molecule is CC(C)(c1ccccc1)c1ccc(-c2ccc(N)c(C(C)(C)c3ccccc3)c2)cc1. The number of anilines is 1. The lowest BCUT2D eigenvalue weighted by Gasteiger charge is -2.28. The predicted molar refractivity (Wildman–Crippen MR) is 133 cm³/mol. The second kappa shape index (κ2) is 8.07. The Morgan fingerprint density at radius 2 is 0.935 bits per heavy atom. The summed E-state index contributed by atoms with van der Waals surface area (Å²) < 4.78 is 0. The van der Waals surface area contributed by atoms with E-state index < -0.39 is 0 Å².